The minimum atomic E-state index is -1.40. The van der Waals surface area contributed by atoms with E-state index in [0.29, 0.717) is 5.69 Å². The molecule has 4 aromatic rings. The summed E-state index contributed by atoms with van der Waals surface area (Å²) in [7, 11) is 0. The first-order chi connectivity index (χ1) is 16.0. The molecule has 11 heteroatoms. The lowest BCUT2D eigenvalue weighted by atomic mass is 10.1. The van der Waals surface area contributed by atoms with Crippen LogP contribution in [0, 0.1) is 0 Å². The smallest absolute Gasteiger partial charge is 0.280 e. The van der Waals surface area contributed by atoms with E-state index in [1.165, 1.54) is 4.57 Å². The summed E-state index contributed by atoms with van der Waals surface area (Å²) >= 11 is 0. The van der Waals surface area contributed by atoms with Crippen molar-refractivity contribution in [2.45, 2.75) is 24.5 Å². The molecular weight excluding hydrogens is 428 g/mol. The van der Waals surface area contributed by atoms with E-state index in [-0.39, 0.29) is 23.1 Å². The van der Waals surface area contributed by atoms with Gasteiger partial charge in [0, 0.05) is 5.69 Å². The third kappa shape index (κ3) is 3.72. The lowest BCUT2D eigenvalue weighted by molar-refractivity contribution is -0.0501. The second kappa shape index (κ2) is 8.30. The number of aromatic amines is 1. The Kier molecular flexibility index (Phi) is 5.30. The number of hydrogen-bond acceptors (Lipinski definition) is 9. The van der Waals surface area contributed by atoms with Gasteiger partial charge in [0.05, 0.1) is 6.61 Å². The van der Waals surface area contributed by atoms with Gasteiger partial charge in [0.2, 0.25) is 11.9 Å². The lowest BCUT2D eigenvalue weighted by Gasteiger charge is -2.20. The van der Waals surface area contributed by atoms with E-state index in [0.717, 1.165) is 11.1 Å². The maximum atomic E-state index is 12.4. The Bertz CT molecular complexity index is 1340. The first-order valence-corrected chi connectivity index (χ1v) is 10.3. The molecule has 0 spiro atoms. The van der Waals surface area contributed by atoms with Crippen molar-refractivity contribution in [1.82, 2.24) is 19.5 Å². The van der Waals surface area contributed by atoms with Gasteiger partial charge in [0.25, 0.3) is 5.56 Å². The SMILES string of the molecule is Nc1nc2c(nc(Nc3ccc(-c4ccccc4)cc3)n2[C@@H]2O[C@H](CO)[C@@H](O)[C@H]2O)c(=O)[nH]1. The maximum Gasteiger partial charge on any atom is 0.280 e. The van der Waals surface area contributed by atoms with E-state index in [9.17, 15) is 20.1 Å². The van der Waals surface area contributed by atoms with Crippen molar-refractivity contribution < 1.29 is 20.1 Å². The van der Waals surface area contributed by atoms with Crippen LogP contribution in [0.3, 0.4) is 0 Å². The minimum absolute atomic E-state index is 0.0228. The molecule has 0 saturated carbocycles. The molecule has 0 radical (unpaired) electrons. The van der Waals surface area contributed by atoms with Crippen LogP contribution in [0.1, 0.15) is 6.23 Å². The molecule has 0 unspecified atom stereocenters. The van der Waals surface area contributed by atoms with E-state index in [1.807, 2.05) is 54.6 Å². The van der Waals surface area contributed by atoms with E-state index < -0.39 is 36.7 Å². The molecule has 1 aliphatic heterocycles. The summed E-state index contributed by atoms with van der Waals surface area (Å²) in [6, 6.07) is 17.4. The van der Waals surface area contributed by atoms with Gasteiger partial charge in [0.1, 0.15) is 18.3 Å². The van der Waals surface area contributed by atoms with Gasteiger partial charge in [0.15, 0.2) is 17.4 Å². The first-order valence-electron chi connectivity index (χ1n) is 10.3. The number of H-pyrrole nitrogens is 1. The summed E-state index contributed by atoms with van der Waals surface area (Å²) in [6.45, 7) is -0.499. The lowest BCUT2D eigenvalue weighted by Crippen LogP contribution is -2.33. The number of nitrogens with one attached hydrogen (secondary N) is 2. The van der Waals surface area contributed by atoms with Gasteiger partial charge in [-0.3, -0.25) is 14.3 Å². The van der Waals surface area contributed by atoms with Gasteiger partial charge >= 0.3 is 0 Å². The summed E-state index contributed by atoms with van der Waals surface area (Å²) in [5.41, 5.74) is 7.93. The number of ether oxygens (including phenoxy) is 1. The molecule has 11 nitrogen and oxygen atoms in total. The van der Waals surface area contributed by atoms with E-state index in [1.54, 1.807) is 0 Å². The predicted octanol–water partition coefficient (Wildman–Crippen LogP) is 0.724. The van der Waals surface area contributed by atoms with Crippen molar-refractivity contribution >= 4 is 28.7 Å². The van der Waals surface area contributed by atoms with Crippen LogP contribution in [0.4, 0.5) is 17.6 Å². The molecule has 2 aromatic carbocycles. The second-order valence-electron chi connectivity index (χ2n) is 7.73. The molecule has 170 valence electrons. The van der Waals surface area contributed by atoms with Crippen LogP contribution >= 0.6 is 0 Å². The van der Waals surface area contributed by atoms with Crippen molar-refractivity contribution in [2.24, 2.45) is 0 Å². The molecule has 33 heavy (non-hydrogen) atoms. The maximum absolute atomic E-state index is 12.4. The zero-order chi connectivity index (χ0) is 23.1. The number of aliphatic hydroxyl groups is 3. The van der Waals surface area contributed by atoms with Crippen LogP contribution in [0.15, 0.2) is 59.4 Å². The molecule has 5 rings (SSSR count). The Balaban J connectivity index is 1.56. The number of imidazole rings is 1. The zero-order valence-electron chi connectivity index (χ0n) is 17.3. The summed E-state index contributed by atoms with van der Waals surface area (Å²) in [6.07, 6.45) is -4.92. The van der Waals surface area contributed by atoms with Gasteiger partial charge in [-0.2, -0.15) is 4.98 Å². The van der Waals surface area contributed by atoms with Crippen molar-refractivity contribution in [3.05, 3.63) is 65.0 Å². The number of nitrogen functional groups attached to an aromatic ring is 1. The van der Waals surface area contributed by atoms with E-state index >= 15 is 0 Å². The number of nitrogens with two attached hydrogens (primary N) is 1. The van der Waals surface area contributed by atoms with Crippen molar-refractivity contribution in [3.63, 3.8) is 0 Å². The highest BCUT2D eigenvalue weighted by molar-refractivity contribution is 5.77. The monoisotopic (exact) mass is 450 g/mol. The molecule has 4 atom stereocenters. The molecule has 2 aromatic heterocycles. The van der Waals surface area contributed by atoms with Crippen molar-refractivity contribution in [2.75, 3.05) is 17.7 Å². The standard InChI is InChI=1S/C22H22N6O5/c23-21-26-18-15(19(32)27-21)25-22(28(18)20-17(31)16(30)14(10-29)33-20)24-13-8-6-12(7-9-13)11-4-2-1-3-5-11/h1-9,14,16-17,20,29-31H,10H2,(H,24,25)(H3,23,26,27,32)/t14-,16-,17-,20-/m1/s1. The van der Waals surface area contributed by atoms with Crippen molar-refractivity contribution in [3.8, 4) is 11.1 Å². The van der Waals surface area contributed by atoms with Crippen LogP contribution in [0.2, 0.25) is 0 Å². The number of rotatable bonds is 5. The average molecular weight is 450 g/mol. The molecule has 7 N–H and O–H groups in total. The van der Waals surface area contributed by atoms with Gasteiger partial charge in [-0.15, -0.1) is 0 Å². The highest BCUT2D eigenvalue weighted by Gasteiger charge is 2.45. The normalized spacial score (nSPS) is 22.6. The van der Waals surface area contributed by atoms with Gasteiger partial charge in [-0.1, -0.05) is 42.5 Å². The number of aliphatic hydroxyl groups excluding tert-OH is 3. The topological polar surface area (TPSA) is 172 Å². The number of hydrogen-bond donors (Lipinski definition) is 6. The van der Waals surface area contributed by atoms with E-state index in [2.05, 4.69) is 20.3 Å². The fourth-order valence-corrected chi connectivity index (χ4v) is 3.93. The predicted molar refractivity (Wildman–Crippen MR) is 121 cm³/mol. The fraction of sp³-hybridized carbons (Fsp3) is 0.227. The molecule has 1 fully saturated rings. The molecule has 0 bridgehead atoms. The quantitative estimate of drug-likeness (QED) is 0.256. The fourth-order valence-electron chi connectivity index (χ4n) is 3.93. The molecule has 1 aliphatic rings. The van der Waals surface area contributed by atoms with Gasteiger partial charge in [-0.05, 0) is 23.3 Å². The third-order valence-corrected chi connectivity index (χ3v) is 5.59. The summed E-state index contributed by atoms with van der Waals surface area (Å²) in [5, 5.41) is 33.4. The highest BCUT2D eigenvalue weighted by Crippen LogP contribution is 2.35. The van der Waals surface area contributed by atoms with Crippen LogP contribution in [-0.4, -0.2) is 59.8 Å². The number of aromatic nitrogens is 4. The first kappa shape index (κ1) is 21.1. The van der Waals surface area contributed by atoms with Crippen LogP contribution in [-0.2, 0) is 4.74 Å². The molecular formula is C22H22N6O5. The largest absolute Gasteiger partial charge is 0.394 e. The van der Waals surface area contributed by atoms with Crippen molar-refractivity contribution in [1.29, 1.82) is 0 Å². The molecule has 3 heterocycles. The Labute approximate surface area is 187 Å². The Hall–Kier alpha value is -3.77. The van der Waals surface area contributed by atoms with E-state index in [4.69, 9.17) is 10.5 Å². The van der Waals surface area contributed by atoms with Gasteiger partial charge in [-0.25, -0.2) is 4.98 Å². The van der Waals surface area contributed by atoms with Crippen LogP contribution < -0.4 is 16.6 Å². The molecule has 0 aliphatic carbocycles. The number of nitrogens with zero attached hydrogens (tertiary/aromatic N) is 3. The van der Waals surface area contributed by atoms with Gasteiger partial charge < -0.3 is 31.1 Å². The number of anilines is 3. The highest BCUT2D eigenvalue weighted by atomic mass is 16.6. The zero-order valence-corrected chi connectivity index (χ0v) is 17.3. The summed E-state index contributed by atoms with van der Waals surface area (Å²) in [4.78, 5) is 23.3. The summed E-state index contributed by atoms with van der Waals surface area (Å²) in [5.74, 6) is 0.00931. The second-order valence-corrected chi connectivity index (χ2v) is 7.73. The van der Waals surface area contributed by atoms with Crippen LogP contribution in [0.25, 0.3) is 22.3 Å². The molecule has 1 saturated heterocycles. The minimum Gasteiger partial charge on any atom is -0.394 e. The number of fused-ring (bicyclic) bond motifs is 1. The average Bonchev–Trinajstić information content (AvgIpc) is 3.31. The summed E-state index contributed by atoms with van der Waals surface area (Å²) < 4.78 is 7.02. The number of benzene rings is 2. The Morgan fingerprint density at radius 1 is 1.03 bits per heavy atom. The third-order valence-electron chi connectivity index (χ3n) is 5.59. The Morgan fingerprint density at radius 3 is 2.39 bits per heavy atom. The Morgan fingerprint density at radius 2 is 1.73 bits per heavy atom. The van der Waals surface area contributed by atoms with Crippen LogP contribution in [0.5, 0.6) is 0 Å². The molecule has 0 amide bonds.